The number of aromatic amines is 1. The molecule has 1 fully saturated rings. The molecule has 0 spiro atoms. The fourth-order valence-electron chi connectivity index (χ4n) is 3.49. The van der Waals surface area contributed by atoms with Gasteiger partial charge >= 0.3 is 0 Å². The third-order valence-electron chi connectivity index (χ3n) is 4.96. The Morgan fingerprint density at radius 2 is 1.70 bits per heavy atom. The summed E-state index contributed by atoms with van der Waals surface area (Å²) in [6.07, 6.45) is 0.407. The molecule has 6 heteroatoms. The molecule has 3 aromatic rings. The summed E-state index contributed by atoms with van der Waals surface area (Å²) >= 11 is 0. The number of imidazole rings is 1. The second kappa shape index (κ2) is 7.23. The maximum absolute atomic E-state index is 12.8. The van der Waals surface area contributed by atoms with Crippen molar-refractivity contribution in [3.05, 3.63) is 65.5 Å². The first-order valence-corrected chi connectivity index (χ1v) is 9.17. The van der Waals surface area contributed by atoms with E-state index in [0.29, 0.717) is 38.2 Å². The summed E-state index contributed by atoms with van der Waals surface area (Å²) in [6.45, 7) is 4.15. The maximum atomic E-state index is 12.8. The lowest BCUT2D eigenvalue weighted by atomic mass is 10.1. The molecule has 2 aromatic carbocycles. The second-order valence-corrected chi connectivity index (χ2v) is 6.89. The smallest absolute Gasteiger partial charge is 0.254 e. The average Bonchev–Trinajstić information content (AvgIpc) is 3.07. The number of rotatable bonds is 3. The Hall–Kier alpha value is -3.15. The lowest BCUT2D eigenvalue weighted by molar-refractivity contribution is -0.131. The first kappa shape index (κ1) is 17.3. The maximum Gasteiger partial charge on any atom is 0.254 e. The number of hydrogen-bond acceptors (Lipinski definition) is 3. The molecule has 1 aromatic heterocycles. The fourth-order valence-corrected chi connectivity index (χ4v) is 3.49. The van der Waals surface area contributed by atoms with Gasteiger partial charge in [0.15, 0.2) is 0 Å². The highest BCUT2D eigenvalue weighted by molar-refractivity contribution is 5.97. The topological polar surface area (TPSA) is 69.3 Å². The summed E-state index contributed by atoms with van der Waals surface area (Å²) in [7, 11) is 0. The molecule has 1 aliphatic heterocycles. The van der Waals surface area contributed by atoms with Gasteiger partial charge in [0.2, 0.25) is 5.91 Å². The molecular weight excluding hydrogens is 340 g/mol. The largest absolute Gasteiger partial charge is 0.342 e. The summed E-state index contributed by atoms with van der Waals surface area (Å²) in [6, 6.07) is 15.3. The number of carbonyl (C=O) groups excluding carboxylic acids is 2. The standard InChI is InChI=1S/C21H22N4O2/c1-15-22-18-8-7-17(14-19(18)23-15)21(27)25-11-9-24(10-12-25)20(26)13-16-5-3-2-4-6-16/h2-8,14H,9-13H2,1H3,(H,22,23). The van der Waals surface area contributed by atoms with E-state index >= 15 is 0 Å². The number of nitrogens with one attached hydrogen (secondary N) is 1. The van der Waals surface area contributed by atoms with Crippen LogP contribution < -0.4 is 0 Å². The third kappa shape index (κ3) is 3.69. The lowest BCUT2D eigenvalue weighted by Gasteiger charge is -2.35. The molecule has 0 atom stereocenters. The monoisotopic (exact) mass is 362 g/mol. The molecule has 2 amide bonds. The molecule has 4 rings (SSSR count). The fraction of sp³-hybridized carbons (Fsp3) is 0.286. The summed E-state index contributed by atoms with van der Waals surface area (Å²) in [5.41, 5.74) is 3.40. The van der Waals surface area contributed by atoms with Crippen molar-refractivity contribution in [1.29, 1.82) is 0 Å². The highest BCUT2D eigenvalue weighted by atomic mass is 16.2. The van der Waals surface area contributed by atoms with Gasteiger partial charge in [-0.2, -0.15) is 0 Å². The van der Waals surface area contributed by atoms with Crippen LogP contribution in [-0.4, -0.2) is 57.8 Å². The van der Waals surface area contributed by atoms with Gasteiger partial charge in [-0.3, -0.25) is 9.59 Å². The van der Waals surface area contributed by atoms with Gasteiger partial charge in [-0.05, 0) is 30.7 Å². The minimum absolute atomic E-state index is 0.000638. The van der Waals surface area contributed by atoms with E-state index in [0.717, 1.165) is 22.4 Å². The van der Waals surface area contributed by atoms with Gasteiger partial charge in [-0.1, -0.05) is 30.3 Å². The number of benzene rings is 2. The number of piperazine rings is 1. The molecule has 0 aliphatic carbocycles. The van der Waals surface area contributed by atoms with Gasteiger partial charge in [0.1, 0.15) is 5.82 Å². The number of aryl methyl sites for hydroxylation is 1. The molecule has 1 aliphatic rings. The Labute approximate surface area is 157 Å². The van der Waals surface area contributed by atoms with Crippen molar-refractivity contribution in [3.8, 4) is 0 Å². The van der Waals surface area contributed by atoms with Crippen molar-refractivity contribution in [2.75, 3.05) is 26.2 Å². The van der Waals surface area contributed by atoms with Crippen LogP contribution in [-0.2, 0) is 11.2 Å². The van der Waals surface area contributed by atoms with Crippen LogP contribution in [0, 0.1) is 6.92 Å². The predicted molar refractivity (Wildman–Crippen MR) is 103 cm³/mol. The van der Waals surface area contributed by atoms with E-state index in [-0.39, 0.29) is 11.8 Å². The average molecular weight is 362 g/mol. The molecular formula is C21H22N4O2. The van der Waals surface area contributed by atoms with E-state index in [1.165, 1.54) is 0 Å². The molecule has 1 saturated heterocycles. The van der Waals surface area contributed by atoms with E-state index in [1.807, 2.05) is 65.3 Å². The number of carbonyl (C=O) groups is 2. The van der Waals surface area contributed by atoms with E-state index in [4.69, 9.17) is 0 Å². The molecule has 1 N–H and O–H groups in total. The predicted octanol–water partition coefficient (Wildman–Crippen LogP) is 2.40. The van der Waals surface area contributed by atoms with Gasteiger partial charge < -0.3 is 14.8 Å². The molecule has 2 heterocycles. The van der Waals surface area contributed by atoms with Crippen LogP contribution in [0.1, 0.15) is 21.7 Å². The van der Waals surface area contributed by atoms with Gasteiger partial charge in [-0.15, -0.1) is 0 Å². The number of fused-ring (bicyclic) bond motifs is 1. The highest BCUT2D eigenvalue weighted by Crippen LogP contribution is 2.16. The van der Waals surface area contributed by atoms with Crippen LogP contribution in [0.15, 0.2) is 48.5 Å². The number of H-pyrrole nitrogens is 1. The molecule has 27 heavy (non-hydrogen) atoms. The van der Waals surface area contributed by atoms with Crippen molar-refractivity contribution in [2.45, 2.75) is 13.3 Å². The van der Waals surface area contributed by atoms with Crippen LogP contribution in [0.25, 0.3) is 11.0 Å². The summed E-state index contributed by atoms with van der Waals surface area (Å²) in [5, 5.41) is 0. The summed E-state index contributed by atoms with van der Waals surface area (Å²) < 4.78 is 0. The Kier molecular flexibility index (Phi) is 4.62. The Morgan fingerprint density at radius 3 is 2.44 bits per heavy atom. The third-order valence-corrected chi connectivity index (χ3v) is 4.96. The molecule has 0 unspecified atom stereocenters. The van der Waals surface area contributed by atoms with Gasteiger partial charge in [0.05, 0.1) is 17.5 Å². The van der Waals surface area contributed by atoms with Crippen molar-refractivity contribution in [2.24, 2.45) is 0 Å². The minimum Gasteiger partial charge on any atom is -0.342 e. The zero-order valence-electron chi connectivity index (χ0n) is 15.3. The summed E-state index contributed by atoms with van der Waals surface area (Å²) in [4.78, 5) is 36.5. The number of aromatic nitrogens is 2. The van der Waals surface area contributed by atoms with Crippen molar-refractivity contribution in [1.82, 2.24) is 19.8 Å². The summed E-state index contributed by atoms with van der Waals surface area (Å²) in [5.74, 6) is 0.946. The number of amides is 2. The first-order chi connectivity index (χ1) is 13.1. The zero-order chi connectivity index (χ0) is 18.8. The number of nitrogens with zero attached hydrogens (tertiary/aromatic N) is 3. The van der Waals surface area contributed by atoms with Gasteiger partial charge in [0, 0.05) is 31.7 Å². The molecule has 0 saturated carbocycles. The molecule has 0 bridgehead atoms. The van der Waals surface area contributed by atoms with Crippen LogP contribution >= 0.6 is 0 Å². The highest BCUT2D eigenvalue weighted by Gasteiger charge is 2.25. The second-order valence-electron chi connectivity index (χ2n) is 6.89. The van der Waals surface area contributed by atoms with E-state index in [9.17, 15) is 9.59 Å². The Morgan fingerprint density at radius 1 is 1.00 bits per heavy atom. The Balaban J connectivity index is 1.37. The zero-order valence-corrected chi connectivity index (χ0v) is 15.3. The van der Waals surface area contributed by atoms with Gasteiger partial charge in [-0.25, -0.2) is 4.98 Å². The Bertz CT molecular complexity index is 972. The minimum atomic E-state index is -0.000638. The molecule has 6 nitrogen and oxygen atoms in total. The van der Waals surface area contributed by atoms with Crippen LogP contribution in [0.4, 0.5) is 0 Å². The van der Waals surface area contributed by atoms with E-state index < -0.39 is 0 Å². The van der Waals surface area contributed by atoms with Crippen molar-refractivity contribution in [3.63, 3.8) is 0 Å². The molecule has 0 radical (unpaired) electrons. The van der Waals surface area contributed by atoms with E-state index in [1.54, 1.807) is 0 Å². The van der Waals surface area contributed by atoms with Crippen LogP contribution in [0.2, 0.25) is 0 Å². The SMILES string of the molecule is Cc1nc2ccc(C(=O)N3CCN(C(=O)Cc4ccccc4)CC3)cc2[nH]1. The van der Waals surface area contributed by atoms with Crippen molar-refractivity contribution >= 4 is 22.8 Å². The van der Waals surface area contributed by atoms with Crippen LogP contribution in [0.3, 0.4) is 0 Å². The van der Waals surface area contributed by atoms with Crippen molar-refractivity contribution < 1.29 is 9.59 Å². The quantitative estimate of drug-likeness (QED) is 0.778. The first-order valence-electron chi connectivity index (χ1n) is 9.17. The molecule has 138 valence electrons. The normalized spacial score (nSPS) is 14.6. The van der Waals surface area contributed by atoms with E-state index in [2.05, 4.69) is 9.97 Å². The lowest BCUT2D eigenvalue weighted by Crippen LogP contribution is -2.51. The number of hydrogen-bond donors (Lipinski definition) is 1. The van der Waals surface area contributed by atoms with Crippen LogP contribution in [0.5, 0.6) is 0 Å². The van der Waals surface area contributed by atoms with Gasteiger partial charge in [0.25, 0.3) is 5.91 Å².